The van der Waals surface area contributed by atoms with E-state index in [-0.39, 0.29) is 31.8 Å². The Hall–Kier alpha value is -2.19. The monoisotopic (exact) mass is 486 g/mol. The first kappa shape index (κ1) is 25.4. The van der Waals surface area contributed by atoms with Crippen LogP contribution in [0.1, 0.15) is 35.1 Å². The van der Waals surface area contributed by atoms with Crippen LogP contribution in [0.15, 0.2) is 36.4 Å². The molecule has 33 heavy (non-hydrogen) atoms. The molecular weight excluding hydrogens is 458 g/mol. The lowest BCUT2D eigenvalue weighted by atomic mass is 9.93. The topological polar surface area (TPSA) is 91.0 Å². The van der Waals surface area contributed by atoms with E-state index in [0.717, 1.165) is 29.4 Å². The molecule has 3 rings (SSSR count). The van der Waals surface area contributed by atoms with E-state index < -0.39 is 32.6 Å². The summed E-state index contributed by atoms with van der Waals surface area (Å²) in [6.45, 7) is 0.233. The van der Waals surface area contributed by atoms with Gasteiger partial charge >= 0.3 is 14.9 Å². The molecule has 0 fully saturated rings. The van der Waals surface area contributed by atoms with Gasteiger partial charge in [0, 0.05) is 6.42 Å². The van der Waals surface area contributed by atoms with Crippen LogP contribution in [0, 0.1) is 0 Å². The molecule has 0 saturated heterocycles. The van der Waals surface area contributed by atoms with Crippen molar-refractivity contribution in [2.75, 3.05) is 26.4 Å². The molecule has 6 nitrogen and oxygen atoms in total. The van der Waals surface area contributed by atoms with Crippen molar-refractivity contribution in [1.29, 1.82) is 0 Å². The van der Waals surface area contributed by atoms with Crippen molar-refractivity contribution in [2.24, 2.45) is 5.73 Å². The molecule has 10 heteroatoms. The zero-order valence-electron chi connectivity index (χ0n) is 18.1. The molecule has 1 aliphatic heterocycles. The third-order valence-corrected chi connectivity index (χ3v) is 5.88. The lowest BCUT2D eigenvalue weighted by molar-refractivity contribution is -0.139. The number of alkyl halides is 3. The Morgan fingerprint density at radius 3 is 2.61 bits per heavy atom. The van der Waals surface area contributed by atoms with Crippen LogP contribution in [-0.4, -0.2) is 37.1 Å². The van der Waals surface area contributed by atoms with Crippen molar-refractivity contribution in [3.05, 3.63) is 58.7 Å². The van der Waals surface area contributed by atoms with E-state index in [4.69, 9.17) is 19.7 Å². The van der Waals surface area contributed by atoms with Crippen LogP contribution in [0.3, 0.4) is 0 Å². The Kier molecular flexibility index (Phi) is 8.70. The average molecular weight is 486 g/mol. The minimum absolute atomic E-state index is 0.153. The molecule has 0 saturated carbocycles. The summed E-state index contributed by atoms with van der Waals surface area (Å²) in [6.07, 6.45) is -2.08. The van der Waals surface area contributed by atoms with Crippen molar-refractivity contribution in [3.8, 4) is 11.5 Å². The number of ether oxygens (including phenoxy) is 2. The first-order valence-corrected chi connectivity index (χ1v) is 11.5. The van der Waals surface area contributed by atoms with Gasteiger partial charge in [0.25, 0.3) is 0 Å². The van der Waals surface area contributed by atoms with Crippen LogP contribution < -0.4 is 15.2 Å². The maximum Gasteiger partial charge on any atom is 0.494 e. The van der Waals surface area contributed by atoms with Gasteiger partial charge in [-0.1, -0.05) is 18.2 Å². The summed E-state index contributed by atoms with van der Waals surface area (Å²) in [7, 11) is -1.03. The number of halogens is 3. The Bertz CT molecular complexity index is 956. The Labute approximate surface area is 192 Å². The molecule has 2 atom stereocenters. The van der Waals surface area contributed by atoms with Gasteiger partial charge < -0.3 is 20.3 Å². The van der Waals surface area contributed by atoms with Crippen molar-refractivity contribution in [1.82, 2.24) is 0 Å². The first-order valence-electron chi connectivity index (χ1n) is 10.7. The highest BCUT2D eigenvalue weighted by Gasteiger charge is 2.35. The molecule has 2 aromatic carbocycles. The number of nitrogens with two attached hydrogens (primary N) is 1. The van der Waals surface area contributed by atoms with Crippen LogP contribution >= 0.6 is 8.69 Å². The van der Waals surface area contributed by atoms with E-state index in [1.807, 2.05) is 12.1 Å². The van der Waals surface area contributed by atoms with Crippen LogP contribution in [0.25, 0.3) is 0 Å². The Morgan fingerprint density at radius 1 is 1.12 bits per heavy atom. The van der Waals surface area contributed by atoms with E-state index in [1.54, 1.807) is 6.07 Å². The molecule has 0 aliphatic carbocycles. The standard InChI is InChI=1S/C23H28F3NO5P/c24-23(25,26)19-13-17(7-9-22(27,14-28)15-32-33-29)4-6-21(19)30-10-1-2-16-3-5-20-18(12-16)8-11-31-20/h3-6,12-13,28,33H,1-2,7-11,14-15,27H2/q+1. The minimum Gasteiger partial charge on any atom is -0.493 e. The largest absolute Gasteiger partial charge is 0.494 e. The molecule has 2 unspecified atom stereocenters. The maximum atomic E-state index is 13.6. The average Bonchev–Trinajstić information content (AvgIpc) is 3.27. The lowest BCUT2D eigenvalue weighted by Gasteiger charge is -2.24. The number of aliphatic hydroxyl groups is 1. The van der Waals surface area contributed by atoms with E-state index in [2.05, 4.69) is 6.07 Å². The number of benzene rings is 2. The van der Waals surface area contributed by atoms with Crippen LogP contribution in [0.2, 0.25) is 0 Å². The number of hydrogen-bond donors (Lipinski definition) is 2. The summed E-state index contributed by atoms with van der Waals surface area (Å²) in [5, 5.41) is 9.46. The van der Waals surface area contributed by atoms with Crippen molar-refractivity contribution < 1.29 is 36.8 Å². The molecule has 2 aromatic rings. The summed E-state index contributed by atoms with van der Waals surface area (Å²) in [6, 6.07) is 9.89. The van der Waals surface area contributed by atoms with Crippen molar-refractivity contribution in [3.63, 3.8) is 0 Å². The van der Waals surface area contributed by atoms with E-state index >= 15 is 0 Å². The van der Waals surface area contributed by atoms with E-state index in [0.29, 0.717) is 25.0 Å². The second-order valence-electron chi connectivity index (χ2n) is 8.21. The van der Waals surface area contributed by atoms with Gasteiger partial charge in [0.2, 0.25) is 0 Å². The molecule has 1 heterocycles. The third-order valence-electron chi connectivity index (χ3n) is 5.62. The minimum atomic E-state index is -4.57. The molecular formula is C23H28F3NO5P+. The van der Waals surface area contributed by atoms with Gasteiger partial charge in [-0.15, -0.1) is 4.52 Å². The van der Waals surface area contributed by atoms with Gasteiger partial charge in [0.05, 0.1) is 30.9 Å². The highest BCUT2D eigenvalue weighted by molar-refractivity contribution is 7.17. The number of aryl methyl sites for hydroxylation is 2. The molecule has 0 amide bonds. The summed E-state index contributed by atoms with van der Waals surface area (Å²) in [5.41, 5.74) is 6.61. The predicted molar refractivity (Wildman–Crippen MR) is 118 cm³/mol. The molecule has 0 radical (unpaired) electrons. The maximum absolute atomic E-state index is 13.6. The lowest BCUT2D eigenvalue weighted by Crippen LogP contribution is -2.47. The second kappa shape index (κ2) is 11.3. The molecule has 0 aromatic heterocycles. The Morgan fingerprint density at radius 2 is 1.88 bits per heavy atom. The van der Waals surface area contributed by atoms with Gasteiger partial charge in [0.1, 0.15) is 18.1 Å². The third kappa shape index (κ3) is 7.14. The fourth-order valence-electron chi connectivity index (χ4n) is 3.70. The second-order valence-corrected chi connectivity index (χ2v) is 8.67. The van der Waals surface area contributed by atoms with Gasteiger partial charge in [-0.2, -0.15) is 13.2 Å². The summed E-state index contributed by atoms with van der Waals surface area (Å²) >= 11 is 0. The fraction of sp³-hybridized carbons (Fsp3) is 0.478. The van der Waals surface area contributed by atoms with E-state index in [9.17, 15) is 22.8 Å². The molecule has 3 N–H and O–H groups in total. The Balaban J connectivity index is 1.59. The number of aliphatic hydroxyl groups excluding tert-OH is 1. The first-order chi connectivity index (χ1) is 15.7. The van der Waals surface area contributed by atoms with Crippen molar-refractivity contribution in [2.45, 2.75) is 43.8 Å². The highest BCUT2D eigenvalue weighted by atomic mass is 31.1. The van der Waals surface area contributed by atoms with Gasteiger partial charge in [-0.05, 0) is 65.1 Å². The normalized spacial score (nSPS) is 15.2. The number of rotatable bonds is 12. The molecule has 0 bridgehead atoms. The fourth-order valence-corrected chi connectivity index (χ4v) is 4.04. The molecule has 1 aliphatic rings. The SMILES string of the molecule is NC(CO)(CCc1ccc(OCCCc2ccc3c(c2)CCO3)c(C(F)(F)F)c1)CO[PH+]=O. The number of hydrogen-bond acceptors (Lipinski definition) is 6. The van der Waals surface area contributed by atoms with E-state index in [1.165, 1.54) is 6.07 Å². The summed E-state index contributed by atoms with van der Waals surface area (Å²) in [4.78, 5) is 0. The zero-order chi connectivity index (χ0) is 23.9. The van der Waals surface area contributed by atoms with Crippen LogP contribution in [-0.2, 0) is 34.5 Å². The summed E-state index contributed by atoms with van der Waals surface area (Å²) in [5.74, 6) is 0.680. The zero-order valence-corrected chi connectivity index (χ0v) is 19.1. The highest BCUT2D eigenvalue weighted by Crippen LogP contribution is 2.37. The van der Waals surface area contributed by atoms with Gasteiger partial charge in [0.15, 0.2) is 0 Å². The van der Waals surface area contributed by atoms with Gasteiger partial charge in [-0.3, -0.25) is 0 Å². The number of fused-ring (bicyclic) bond motifs is 1. The molecule has 0 spiro atoms. The summed E-state index contributed by atoms with van der Waals surface area (Å²) < 4.78 is 67.1. The van der Waals surface area contributed by atoms with Crippen LogP contribution in [0.4, 0.5) is 13.2 Å². The van der Waals surface area contributed by atoms with Crippen molar-refractivity contribution >= 4 is 8.69 Å². The van der Waals surface area contributed by atoms with Crippen LogP contribution in [0.5, 0.6) is 11.5 Å². The predicted octanol–water partition coefficient (Wildman–Crippen LogP) is 4.23. The quantitative estimate of drug-likeness (QED) is 0.345. The molecule has 180 valence electrons. The smallest absolute Gasteiger partial charge is 0.493 e. The van der Waals surface area contributed by atoms with Gasteiger partial charge in [-0.25, -0.2) is 0 Å².